The molecule has 0 bridgehead atoms. The van der Waals surface area contributed by atoms with E-state index in [2.05, 4.69) is 15.3 Å². The molecule has 3 aromatic rings. The van der Waals surface area contributed by atoms with Crippen molar-refractivity contribution in [2.45, 2.75) is 19.6 Å². The van der Waals surface area contributed by atoms with Crippen molar-refractivity contribution in [1.82, 2.24) is 15.3 Å². The zero-order valence-electron chi connectivity index (χ0n) is 14.5. The number of amides is 1. The number of rotatable bonds is 7. The number of carbonyl (C=O) groups is 1. The van der Waals surface area contributed by atoms with Crippen molar-refractivity contribution in [1.29, 1.82) is 0 Å². The van der Waals surface area contributed by atoms with Gasteiger partial charge in [0, 0.05) is 23.3 Å². The van der Waals surface area contributed by atoms with E-state index in [1.807, 2.05) is 17.5 Å². The van der Waals surface area contributed by atoms with Gasteiger partial charge in [0.05, 0.1) is 19.3 Å². The molecule has 134 valence electrons. The predicted molar refractivity (Wildman–Crippen MR) is 100 cm³/mol. The molecule has 2 heterocycles. The molecule has 1 amide bonds. The van der Waals surface area contributed by atoms with Gasteiger partial charge in [-0.1, -0.05) is 0 Å². The van der Waals surface area contributed by atoms with Gasteiger partial charge in [0.1, 0.15) is 16.5 Å². The van der Waals surface area contributed by atoms with Gasteiger partial charge < -0.3 is 14.8 Å². The van der Waals surface area contributed by atoms with E-state index in [0.717, 1.165) is 22.0 Å². The van der Waals surface area contributed by atoms with E-state index in [1.54, 1.807) is 50.7 Å². The van der Waals surface area contributed by atoms with Gasteiger partial charge in [-0.2, -0.15) is 0 Å². The van der Waals surface area contributed by atoms with Crippen molar-refractivity contribution in [3.8, 4) is 22.1 Å². The van der Waals surface area contributed by atoms with Gasteiger partial charge in [-0.05, 0) is 43.3 Å². The lowest BCUT2D eigenvalue weighted by molar-refractivity contribution is -0.127. The Bertz CT molecular complexity index is 850. The highest BCUT2D eigenvalue weighted by atomic mass is 32.1. The van der Waals surface area contributed by atoms with Crippen molar-refractivity contribution in [3.05, 3.63) is 59.9 Å². The van der Waals surface area contributed by atoms with Gasteiger partial charge >= 0.3 is 0 Å². The maximum atomic E-state index is 12.2. The van der Waals surface area contributed by atoms with E-state index in [4.69, 9.17) is 9.47 Å². The minimum absolute atomic E-state index is 0.197. The summed E-state index contributed by atoms with van der Waals surface area (Å²) in [7, 11) is 1.60. The summed E-state index contributed by atoms with van der Waals surface area (Å²) in [6, 6.07) is 10.9. The third-order valence-electron chi connectivity index (χ3n) is 3.65. The number of hydrogen-bond acceptors (Lipinski definition) is 6. The Kier molecular flexibility index (Phi) is 5.80. The molecule has 0 aliphatic rings. The summed E-state index contributed by atoms with van der Waals surface area (Å²) in [5.41, 5.74) is 1.77. The van der Waals surface area contributed by atoms with Crippen LogP contribution >= 0.6 is 11.3 Å². The van der Waals surface area contributed by atoms with Gasteiger partial charge in [0.2, 0.25) is 0 Å². The highest BCUT2D eigenvalue weighted by Crippen LogP contribution is 2.22. The van der Waals surface area contributed by atoms with Crippen LogP contribution in [0, 0.1) is 0 Å². The van der Waals surface area contributed by atoms with Gasteiger partial charge in [0.15, 0.2) is 6.10 Å². The molecule has 3 rings (SSSR count). The summed E-state index contributed by atoms with van der Waals surface area (Å²) < 4.78 is 10.7. The maximum Gasteiger partial charge on any atom is 0.261 e. The van der Waals surface area contributed by atoms with E-state index in [0.29, 0.717) is 12.3 Å². The monoisotopic (exact) mass is 369 g/mol. The number of nitrogens with zero attached hydrogens (tertiary/aromatic N) is 2. The molecule has 1 unspecified atom stereocenters. The first-order valence-electron chi connectivity index (χ1n) is 8.09. The number of hydrogen-bond donors (Lipinski definition) is 1. The molecular formula is C19H19N3O3S. The quantitative estimate of drug-likeness (QED) is 0.692. The first kappa shape index (κ1) is 17.9. The maximum absolute atomic E-state index is 12.2. The molecule has 6 nitrogen and oxygen atoms in total. The molecule has 0 radical (unpaired) electrons. The summed E-state index contributed by atoms with van der Waals surface area (Å²) in [5, 5.41) is 5.65. The van der Waals surface area contributed by atoms with Crippen LogP contribution in [-0.2, 0) is 11.3 Å². The molecule has 1 atom stereocenters. The molecule has 0 saturated heterocycles. The van der Waals surface area contributed by atoms with Crippen LogP contribution in [-0.4, -0.2) is 29.1 Å². The molecule has 0 aliphatic heterocycles. The summed E-state index contributed by atoms with van der Waals surface area (Å²) in [4.78, 5) is 20.8. The lowest BCUT2D eigenvalue weighted by atomic mass is 10.3. The van der Waals surface area contributed by atoms with Crippen molar-refractivity contribution in [3.63, 3.8) is 0 Å². The lowest BCUT2D eigenvalue weighted by Gasteiger charge is -2.14. The van der Waals surface area contributed by atoms with Crippen LogP contribution in [0.1, 0.15) is 12.6 Å². The number of pyridine rings is 1. The van der Waals surface area contributed by atoms with E-state index in [1.165, 1.54) is 11.3 Å². The van der Waals surface area contributed by atoms with Crippen LogP contribution in [0.4, 0.5) is 0 Å². The standard InChI is InChI=1S/C19H19N3O3S/c1-13(25-17-7-5-16(24-2)6-8-17)18(23)21-11-15-12-26-19(22-15)14-4-3-9-20-10-14/h3-10,12-13H,11H2,1-2H3,(H,21,23). The molecule has 1 N–H and O–H groups in total. The van der Waals surface area contributed by atoms with Crippen LogP contribution in [0.25, 0.3) is 10.6 Å². The van der Waals surface area contributed by atoms with Crippen LogP contribution in [0.2, 0.25) is 0 Å². The number of nitrogens with one attached hydrogen (secondary N) is 1. The Morgan fingerprint density at radius 3 is 2.69 bits per heavy atom. The Morgan fingerprint density at radius 1 is 1.23 bits per heavy atom. The van der Waals surface area contributed by atoms with E-state index >= 15 is 0 Å². The van der Waals surface area contributed by atoms with Gasteiger partial charge in [-0.3, -0.25) is 9.78 Å². The third-order valence-corrected chi connectivity index (χ3v) is 4.59. The molecule has 0 aliphatic carbocycles. The second-order valence-electron chi connectivity index (χ2n) is 5.54. The molecular weight excluding hydrogens is 350 g/mol. The Balaban J connectivity index is 1.52. The molecule has 7 heteroatoms. The summed E-state index contributed by atoms with van der Waals surface area (Å²) >= 11 is 1.52. The molecule has 26 heavy (non-hydrogen) atoms. The zero-order valence-corrected chi connectivity index (χ0v) is 15.3. The summed E-state index contributed by atoms with van der Waals surface area (Å²) in [5.74, 6) is 1.15. The second kappa shape index (κ2) is 8.44. The molecule has 1 aromatic carbocycles. The molecule has 0 spiro atoms. The van der Waals surface area contributed by atoms with Crippen molar-refractivity contribution >= 4 is 17.2 Å². The van der Waals surface area contributed by atoms with Crippen molar-refractivity contribution < 1.29 is 14.3 Å². The van der Waals surface area contributed by atoms with Crippen molar-refractivity contribution in [2.24, 2.45) is 0 Å². The van der Waals surface area contributed by atoms with Crippen LogP contribution in [0.5, 0.6) is 11.5 Å². The summed E-state index contributed by atoms with van der Waals surface area (Å²) in [6.07, 6.45) is 2.88. The third kappa shape index (κ3) is 4.58. The Morgan fingerprint density at radius 2 is 2.00 bits per heavy atom. The van der Waals surface area contributed by atoms with Gasteiger partial charge in [-0.15, -0.1) is 11.3 Å². The van der Waals surface area contributed by atoms with E-state index < -0.39 is 6.10 Å². The fourth-order valence-electron chi connectivity index (χ4n) is 2.24. The molecule has 0 fully saturated rings. The van der Waals surface area contributed by atoms with Gasteiger partial charge in [-0.25, -0.2) is 4.98 Å². The molecule has 2 aromatic heterocycles. The largest absolute Gasteiger partial charge is 0.497 e. The van der Waals surface area contributed by atoms with E-state index in [9.17, 15) is 4.79 Å². The topological polar surface area (TPSA) is 73.3 Å². The Labute approximate surface area is 155 Å². The Hall–Kier alpha value is -2.93. The van der Waals surface area contributed by atoms with Crippen LogP contribution in [0.3, 0.4) is 0 Å². The second-order valence-corrected chi connectivity index (χ2v) is 6.40. The van der Waals surface area contributed by atoms with Crippen molar-refractivity contribution in [2.75, 3.05) is 7.11 Å². The normalized spacial score (nSPS) is 11.6. The number of carbonyl (C=O) groups excluding carboxylic acids is 1. The fraction of sp³-hybridized carbons (Fsp3) is 0.211. The van der Waals surface area contributed by atoms with Crippen LogP contribution < -0.4 is 14.8 Å². The average molecular weight is 369 g/mol. The number of methoxy groups -OCH3 is 1. The number of aromatic nitrogens is 2. The van der Waals surface area contributed by atoms with E-state index in [-0.39, 0.29) is 5.91 Å². The number of thiazole rings is 1. The first-order valence-corrected chi connectivity index (χ1v) is 8.97. The number of benzene rings is 1. The predicted octanol–water partition coefficient (Wildman–Crippen LogP) is 3.30. The SMILES string of the molecule is COc1ccc(OC(C)C(=O)NCc2csc(-c3cccnc3)n2)cc1. The highest BCUT2D eigenvalue weighted by molar-refractivity contribution is 7.13. The average Bonchev–Trinajstić information content (AvgIpc) is 3.16. The fourth-order valence-corrected chi connectivity index (χ4v) is 3.05. The smallest absolute Gasteiger partial charge is 0.261 e. The minimum atomic E-state index is -0.611. The summed E-state index contributed by atoms with van der Waals surface area (Å²) in [6.45, 7) is 2.06. The molecule has 0 saturated carbocycles. The highest BCUT2D eigenvalue weighted by Gasteiger charge is 2.15. The van der Waals surface area contributed by atoms with Gasteiger partial charge in [0.25, 0.3) is 5.91 Å². The van der Waals surface area contributed by atoms with Crippen LogP contribution in [0.15, 0.2) is 54.2 Å². The zero-order chi connectivity index (χ0) is 18.4. The first-order chi connectivity index (χ1) is 12.7. The number of ether oxygens (including phenoxy) is 2. The minimum Gasteiger partial charge on any atom is -0.497 e. The lowest BCUT2D eigenvalue weighted by Crippen LogP contribution is -2.35.